The molecule has 0 saturated carbocycles. The van der Waals surface area contributed by atoms with E-state index in [0.29, 0.717) is 5.56 Å². The van der Waals surface area contributed by atoms with Crippen LogP contribution in [0.15, 0.2) is 54.6 Å². The van der Waals surface area contributed by atoms with Gasteiger partial charge in [0.1, 0.15) is 23.9 Å². The van der Waals surface area contributed by atoms with Gasteiger partial charge in [0.25, 0.3) is 5.69 Å². The van der Waals surface area contributed by atoms with Crippen LogP contribution in [0.2, 0.25) is 0 Å². The summed E-state index contributed by atoms with van der Waals surface area (Å²) in [6.45, 7) is 10.8. The van der Waals surface area contributed by atoms with Crippen LogP contribution in [0.3, 0.4) is 0 Å². The summed E-state index contributed by atoms with van der Waals surface area (Å²) in [5, 5.41) is 14.2. The van der Waals surface area contributed by atoms with E-state index in [1.54, 1.807) is 58.6 Å². The first kappa shape index (κ1) is 33.4. The molecule has 0 aliphatic carbocycles. The highest BCUT2D eigenvalue weighted by atomic mass is 16.6. The van der Waals surface area contributed by atoms with Crippen molar-refractivity contribution < 1.29 is 33.5 Å². The van der Waals surface area contributed by atoms with E-state index in [9.17, 15) is 24.5 Å². The Morgan fingerprint density at radius 3 is 1.88 bits per heavy atom. The van der Waals surface area contributed by atoms with Crippen LogP contribution < -0.4 is 5.32 Å². The SMILES string of the molecule is CC(C)(C)OC(=O)CN(CCN[C@@H](Cc1ccc([N+](=O)[O-])cc1)C(=O)OCc1ccccc1)CC(=O)OC(C)(C)C. The Balaban J connectivity index is 2.12. The molecule has 41 heavy (non-hydrogen) atoms. The lowest BCUT2D eigenvalue weighted by molar-refractivity contribution is -0.384. The first-order valence-electron chi connectivity index (χ1n) is 13.4. The molecule has 0 aromatic heterocycles. The number of benzene rings is 2. The van der Waals surface area contributed by atoms with Gasteiger partial charge in [-0.3, -0.25) is 29.4 Å². The van der Waals surface area contributed by atoms with Gasteiger partial charge < -0.3 is 19.5 Å². The minimum Gasteiger partial charge on any atom is -0.460 e. The fourth-order valence-electron chi connectivity index (χ4n) is 3.78. The van der Waals surface area contributed by atoms with Crippen LogP contribution in [0, 0.1) is 10.1 Å². The predicted octanol–water partition coefficient (Wildman–Crippen LogP) is 3.82. The van der Waals surface area contributed by atoms with Gasteiger partial charge in [0.15, 0.2) is 0 Å². The predicted molar refractivity (Wildman–Crippen MR) is 153 cm³/mol. The van der Waals surface area contributed by atoms with Crippen molar-refractivity contribution in [3.05, 3.63) is 75.8 Å². The molecular formula is C30H41N3O8. The summed E-state index contributed by atoms with van der Waals surface area (Å²) < 4.78 is 16.4. The molecule has 2 aromatic carbocycles. The minimum atomic E-state index is -0.787. The quantitative estimate of drug-likeness (QED) is 0.154. The third-order valence-corrected chi connectivity index (χ3v) is 5.46. The zero-order valence-electron chi connectivity index (χ0n) is 24.7. The van der Waals surface area contributed by atoms with Crippen molar-refractivity contribution in [2.75, 3.05) is 26.2 Å². The summed E-state index contributed by atoms with van der Waals surface area (Å²) in [6.07, 6.45) is 0.212. The second-order valence-corrected chi connectivity index (χ2v) is 11.6. The number of hydrogen-bond acceptors (Lipinski definition) is 10. The van der Waals surface area contributed by atoms with Crippen molar-refractivity contribution in [2.45, 2.75) is 71.8 Å². The summed E-state index contributed by atoms with van der Waals surface area (Å²) >= 11 is 0. The van der Waals surface area contributed by atoms with E-state index in [2.05, 4.69) is 5.32 Å². The monoisotopic (exact) mass is 571 g/mol. The largest absolute Gasteiger partial charge is 0.460 e. The molecule has 1 atom stereocenters. The van der Waals surface area contributed by atoms with Crippen LogP contribution in [-0.4, -0.2) is 71.2 Å². The average molecular weight is 572 g/mol. The molecule has 11 nitrogen and oxygen atoms in total. The lowest BCUT2D eigenvalue weighted by Crippen LogP contribution is -2.46. The molecule has 0 aliphatic rings. The number of hydrogen-bond donors (Lipinski definition) is 1. The first-order valence-corrected chi connectivity index (χ1v) is 13.4. The molecule has 0 radical (unpaired) electrons. The van der Waals surface area contributed by atoms with Gasteiger partial charge in [-0.1, -0.05) is 42.5 Å². The van der Waals surface area contributed by atoms with Gasteiger partial charge in [0.05, 0.1) is 18.0 Å². The van der Waals surface area contributed by atoms with E-state index in [1.807, 2.05) is 30.3 Å². The molecule has 0 spiro atoms. The lowest BCUT2D eigenvalue weighted by Gasteiger charge is -2.27. The maximum atomic E-state index is 13.1. The number of carbonyl (C=O) groups excluding carboxylic acids is 3. The fraction of sp³-hybridized carbons (Fsp3) is 0.500. The number of nitro benzene ring substituents is 1. The molecule has 0 amide bonds. The Kier molecular flexibility index (Phi) is 12.4. The maximum Gasteiger partial charge on any atom is 0.323 e. The molecule has 2 aromatic rings. The molecule has 224 valence electrons. The lowest BCUT2D eigenvalue weighted by atomic mass is 10.1. The van der Waals surface area contributed by atoms with E-state index in [1.165, 1.54) is 12.1 Å². The maximum absolute atomic E-state index is 13.1. The van der Waals surface area contributed by atoms with Crippen molar-refractivity contribution in [1.29, 1.82) is 0 Å². The normalized spacial score (nSPS) is 12.5. The number of carbonyl (C=O) groups is 3. The number of non-ortho nitro benzene ring substituents is 1. The standard InChI is InChI=1S/C30H41N3O8/c1-29(2,3)40-26(34)19-32(20-27(35)41-30(4,5)6)17-16-31-25(18-22-12-14-24(15-13-22)33(37)38)28(36)39-21-23-10-8-7-9-11-23/h7-15,25,31H,16-21H2,1-6H3/t25-/m0/s1. The first-order chi connectivity index (χ1) is 19.1. The summed E-state index contributed by atoms with van der Waals surface area (Å²) in [6, 6.07) is 14.4. The number of nitro groups is 1. The molecule has 0 unspecified atom stereocenters. The van der Waals surface area contributed by atoms with Crippen molar-refractivity contribution in [2.24, 2.45) is 0 Å². The smallest absolute Gasteiger partial charge is 0.323 e. The fourth-order valence-corrected chi connectivity index (χ4v) is 3.78. The molecule has 1 N–H and O–H groups in total. The Hall–Kier alpha value is -3.83. The zero-order valence-corrected chi connectivity index (χ0v) is 24.7. The van der Waals surface area contributed by atoms with Crippen LogP contribution in [-0.2, 0) is 41.6 Å². The van der Waals surface area contributed by atoms with Crippen LogP contribution in [0.4, 0.5) is 5.69 Å². The van der Waals surface area contributed by atoms with Crippen LogP contribution in [0.5, 0.6) is 0 Å². The highest BCUT2D eigenvalue weighted by Crippen LogP contribution is 2.15. The molecule has 0 saturated heterocycles. The van der Waals surface area contributed by atoms with E-state index >= 15 is 0 Å². The van der Waals surface area contributed by atoms with E-state index in [4.69, 9.17) is 14.2 Å². The van der Waals surface area contributed by atoms with Gasteiger partial charge in [-0.05, 0) is 59.1 Å². The van der Waals surface area contributed by atoms with Crippen LogP contribution >= 0.6 is 0 Å². The van der Waals surface area contributed by atoms with Crippen molar-refractivity contribution in [1.82, 2.24) is 10.2 Å². The van der Waals surface area contributed by atoms with E-state index < -0.39 is 40.1 Å². The van der Waals surface area contributed by atoms with Crippen LogP contribution in [0.25, 0.3) is 0 Å². The highest BCUT2D eigenvalue weighted by molar-refractivity contribution is 5.76. The molecule has 0 bridgehead atoms. The minimum absolute atomic E-state index is 0.0511. The van der Waals surface area contributed by atoms with Gasteiger partial charge in [0, 0.05) is 25.2 Å². The third kappa shape index (κ3) is 13.9. The zero-order chi connectivity index (χ0) is 30.6. The van der Waals surface area contributed by atoms with Gasteiger partial charge in [-0.15, -0.1) is 0 Å². The molecule has 11 heteroatoms. The summed E-state index contributed by atoms with van der Waals surface area (Å²) in [7, 11) is 0. The number of nitrogens with zero attached hydrogens (tertiary/aromatic N) is 2. The topological polar surface area (TPSA) is 137 Å². The van der Waals surface area contributed by atoms with E-state index in [0.717, 1.165) is 5.56 Å². The Morgan fingerprint density at radius 2 is 1.39 bits per heavy atom. The average Bonchev–Trinajstić information content (AvgIpc) is 2.85. The van der Waals surface area contributed by atoms with Gasteiger partial charge >= 0.3 is 17.9 Å². The summed E-state index contributed by atoms with van der Waals surface area (Å²) in [4.78, 5) is 50.2. The van der Waals surface area contributed by atoms with E-state index in [-0.39, 0.29) is 44.9 Å². The Morgan fingerprint density at radius 1 is 0.854 bits per heavy atom. The molecule has 0 heterocycles. The number of nitrogens with one attached hydrogen (secondary N) is 1. The molecular weight excluding hydrogens is 530 g/mol. The molecule has 2 rings (SSSR count). The highest BCUT2D eigenvalue weighted by Gasteiger charge is 2.25. The van der Waals surface area contributed by atoms with Crippen molar-refractivity contribution >= 4 is 23.6 Å². The Bertz CT molecular complexity index is 1120. The summed E-state index contributed by atoms with van der Waals surface area (Å²) in [5.41, 5.74) is 0.0983. The number of ether oxygens (including phenoxy) is 3. The molecule has 0 fully saturated rings. The third-order valence-electron chi connectivity index (χ3n) is 5.46. The summed E-state index contributed by atoms with van der Waals surface area (Å²) in [5.74, 6) is -1.49. The Labute approximate surface area is 241 Å². The molecule has 0 aliphatic heterocycles. The second-order valence-electron chi connectivity index (χ2n) is 11.6. The van der Waals surface area contributed by atoms with Crippen LogP contribution in [0.1, 0.15) is 52.7 Å². The van der Waals surface area contributed by atoms with Gasteiger partial charge in [0.2, 0.25) is 0 Å². The number of rotatable bonds is 14. The second kappa shape index (κ2) is 15.2. The van der Waals surface area contributed by atoms with Crippen molar-refractivity contribution in [3.63, 3.8) is 0 Å². The van der Waals surface area contributed by atoms with Crippen molar-refractivity contribution in [3.8, 4) is 0 Å². The van der Waals surface area contributed by atoms with Gasteiger partial charge in [-0.25, -0.2) is 0 Å². The number of esters is 3. The van der Waals surface area contributed by atoms with Gasteiger partial charge in [-0.2, -0.15) is 0 Å².